The van der Waals surface area contributed by atoms with Crippen LogP contribution >= 0.6 is 0 Å². The molecule has 206 valence electrons. The molecule has 4 aliphatic carbocycles. The summed E-state index contributed by atoms with van der Waals surface area (Å²) in [4.78, 5) is 10.9. The van der Waals surface area contributed by atoms with E-state index < -0.39 is 16.6 Å². The smallest absolute Gasteiger partial charge is 0.184 e. The summed E-state index contributed by atoms with van der Waals surface area (Å²) in [7, 11) is 0.234. The highest BCUT2D eigenvalue weighted by Gasteiger charge is 2.60. The molecule has 0 aromatic heterocycles. The van der Waals surface area contributed by atoms with Gasteiger partial charge in [0.05, 0.1) is 18.0 Å². The molecule has 0 amide bonds. The predicted octanol–water partition coefficient (Wildman–Crippen LogP) is 6.94. The SMILES string of the molecule is CO/N=C(\CO[Si](C)(C)C)[C@H]1CCC2C3CC[C@@H]4C[C@H](O[Si](C)(C)C)CCC4C3/C(=N/OC)C[C@@]21C. The molecule has 4 fully saturated rings. The van der Waals surface area contributed by atoms with Crippen molar-refractivity contribution < 1.29 is 18.5 Å². The fraction of sp³-hybridized carbons (Fsp3) is 0.929. The number of rotatable bonds is 8. The molecule has 4 rings (SSSR count). The van der Waals surface area contributed by atoms with Crippen LogP contribution in [0.15, 0.2) is 10.3 Å². The highest BCUT2D eigenvalue weighted by atomic mass is 28.4. The van der Waals surface area contributed by atoms with Gasteiger partial charge in [-0.1, -0.05) is 17.2 Å². The summed E-state index contributed by atoms with van der Waals surface area (Å²) in [5.41, 5.74) is 2.54. The van der Waals surface area contributed by atoms with Crippen molar-refractivity contribution in [3.05, 3.63) is 0 Å². The van der Waals surface area contributed by atoms with Gasteiger partial charge in [0, 0.05) is 17.9 Å². The fourth-order valence-electron chi connectivity index (χ4n) is 8.59. The zero-order valence-corrected chi connectivity index (χ0v) is 26.4. The molecule has 0 aromatic rings. The summed E-state index contributed by atoms with van der Waals surface area (Å²) in [6, 6.07) is 0. The molecule has 0 heterocycles. The predicted molar refractivity (Wildman–Crippen MR) is 152 cm³/mol. The average molecular weight is 537 g/mol. The van der Waals surface area contributed by atoms with E-state index >= 15 is 0 Å². The molecule has 0 radical (unpaired) electrons. The van der Waals surface area contributed by atoms with Gasteiger partial charge < -0.3 is 18.5 Å². The number of fused-ring (bicyclic) bond motifs is 5. The van der Waals surface area contributed by atoms with E-state index in [0.717, 1.165) is 24.0 Å². The number of nitrogens with zero attached hydrogens (tertiary/aromatic N) is 2. The summed E-state index contributed by atoms with van der Waals surface area (Å²) in [6.07, 6.45) is 10.3. The van der Waals surface area contributed by atoms with Crippen LogP contribution in [0.4, 0.5) is 0 Å². The monoisotopic (exact) mass is 536 g/mol. The van der Waals surface area contributed by atoms with Crippen molar-refractivity contribution in [2.45, 2.75) is 104 Å². The molecule has 36 heavy (non-hydrogen) atoms. The Balaban J connectivity index is 1.57. The van der Waals surface area contributed by atoms with Gasteiger partial charge in [-0.05, 0) is 120 Å². The van der Waals surface area contributed by atoms with Gasteiger partial charge in [-0.15, -0.1) is 0 Å². The van der Waals surface area contributed by atoms with E-state index in [4.69, 9.17) is 23.7 Å². The Bertz CT molecular complexity index is 836. The zero-order valence-electron chi connectivity index (χ0n) is 24.4. The minimum absolute atomic E-state index is 0.129. The van der Waals surface area contributed by atoms with Gasteiger partial charge in [0.25, 0.3) is 0 Å². The van der Waals surface area contributed by atoms with Gasteiger partial charge in [-0.3, -0.25) is 0 Å². The van der Waals surface area contributed by atoms with Crippen LogP contribution in [0.2, 0.25) is 39.3 Å². The second-order valence-corrected chi connectivity index (χ2v) is 23.2. The lowest BCUT2D eigenvalue weighted by molar-refractivity contribution is -0.0240. The van der Waals surface area contributed by atoms with Crippen molar-refractivity contribution in [3.63, 3.8) is 0 Å². The highest BCUT2D eigenvalue weighted by Crippen LogP contribution is 2.63. The van der Waals surface area contributed by atoms with Crippen LogP contribution in [0.25, 0.3) is 0 Å². The second-order valence-electron chi connectivity index (χ2n) is 14.2. The van der Waals surface area contributed by atoms with Crippen LogP contribution in [0.5, 0.6) is 0 Å². The third-order valence-electron chi connectivity index (χ3n) is 9.65. The van der Waals surface area contributed by atoms with E-state index in [2.05, 4.69) is 51.4 Å². The van der Waals surface area contributed by atoms with Gasteiger partial charge in [0.2, 0.25) is 0 Å². The molecule has 4 saturated carbocycles. The average Bonchev–Trinajstić information content (AvgIpc) is 3.11. The van der Waals surface area contributed by atoms with Crippen LogP contribution in [-0.2, 0) is 18.5 Å². The van der Waals surface area contributed by atoms with Crippen molar-refractivity contribution >= 4 is 28.1 Å². The topological polar surface area (TPSA) is 61.6 Å². The first kappa shape index (κ1) is 28.3. The van der Waals surface area contributed by atoms with E-state index in [9.17, 15) is 0 Å². The van der Waals surface area contributed by atoms with Crippen molar-refractivity contribution in [2.24, 2.45) is 51.2 Å². The molecule has 0 N–H and O–H groups in total. The van der Waals surface area contributed by atoms with E-state index in [1.807, 2.05) is 0 Å². The summed E-state index contributed by atoms with van der Waals surface area (Å²) in [5.74, 6) is 3.83. The maximum atomic E-state index is 6.58. The van der Waals surface area contributed by atoms with Gasteiger partial charge in [0.1, 0.15) is 14.2 Å². The molecule has 4 unspecified atom stereocenters. The molecular formula is C28H52N2O4Si2. The van der Waals surface area contributed by atoms with Crippen LogP contribution in [0.1, 0.15) is 58.3 Å². The number of hydrogen-bond acceptors (Lipinski definition) is 6. The van der Waals surface area contributed by atoms with Crippen LogP contribution in [0.3, 0.4) is 0 Å². The van der Waals surface area contributed by atoms with Gasteiger partial charge in [-0.25, -0.2) is 0 Å². The third-order valence-corrected chi connectivity index (χ3v) is 11.7. The first-order valence-electron chi connectivity index (χ1n) is 14.4. The molecule has 6 nitrogen and oxygen atoms in total. The highest BCUT2D eigenvalue weighted by molar-refractivity contribution is 6.70. The van der Waals surface area contributed by atoms with Crippen LogP contribution in [-0.4, -0.2) is 55.0 Å². The summed E-state index contributed by atoms with van der Waals surface area (Å²) in [5, 5.41) is 9.32. The van der Waals surface area contributed by atoms with E-state index in [-0.39, 0.29) is 5.41 Å². The van der Waals surface area contributed by atoms with Crippen molar-refractivity contribution in [3.8, 4) is 0 Å². The minimum atomic E-state index is -1.65. The van der Waals surface area contributed by atoms with Gasteiger partial charge in [-0.2, -0.15) is 0 Å². The Labute approximate surface area is 222 Å². The largest absolute Gasteiger partial charge is 0.415 e. The molecule has 0 spiro atoms. The lowest BCUT2D eigenvalue weighted by atomic mass is 9.49. The minimum Gasteiger partial charge on any atom is -0.415 e. The fourth-order valence-corrected chi connectivity index (χ4v) is 10.4. The lowest BCUT2D eigenvalue weighted by Crippen LogP contribution is -2.54. The van der Waals surface area contributed by atoms with Crippen LogP contribution in [0, 0.1) is 40.9 Å². The molecule has 0 bridgehead atoms. The molecular weight excluding hydrogens is 484 g/mol. The third kappa shape index (κ3) is 5.97. The maximum absolute atomic E-state index is 6.58. The lowest BCUT2D eigenvalue weighted by Gasteiger charge is -2.56. The van der Waals surface area contributed by atoms with E-state index in [0.29, 0.717) is 36.4 Å². The molecule has 0 saturated heterocycles. The second kappa shape index (κ2) is 10.8. The Hall–Kier alpha value is -0.706. The van der Waals surface area contributed by atoms with Gasteiger partial charge in [0.15, 0.2) is 16.6 Å². The first-order chi connectivity index (χ1) is 16.9. The molecule has 8 heteroatoms. The summed E-state index contributed by atoms with van der Waals surface area (Å²) in [6.45, 7) is 16.8. The Morgan fingerprint density at radius 2 is 1.61 bits per heavy atom. The van der Waals surface area contributed by atoms with Crippen molar-refractivity contribution in [1.29, 1.82) is 0 Å². The van der Waals surface area contributed by atoms with E-state index in [1.54, 1.807) is 14.2 Å². The maximum Gasteiger partial charge on any atom is 0.184 e. The zero-order chi connectivity index (χ0) is 26.3. The molecule has 8 atom stereocenters. The standard InChI is InChI=1S/C28H52N2O4Si2/c1-28-17-25(29-31-2)27-21-13-11-20(34-36(7,8)9)16-19(21)10-12-22(27)23(28)14-15-24(28)26(30-32-3)18-33-35(4,5)6/h19-24,27H,10-18H2,1-9H3/b29-25+,30-26+/t19-,20-,21?,22?,23?,24-,27?,28+/m1/s1. The molecule has 4 aliphatic rings. The first-order valence-corrected chi connectivity index (χ1v) is 21.2. The molecule has 0 aromatic carbocycles. The number of hydrogen-bond donors (Lipinski definition) is 0. The summed E-state index contributed by atoms with van der Waals surface area (Å²) >= 11 is 0. The van der Waals surface area contributed by atoms with E-state index in [1.165, 1.54) is 50.7 Å². The van der Waals surface area contributed by atoms with Crippen molar-refractivity contribution in [2.75, 3.05) is 20.8 Å². The van der Waals surface area contributed by atoms with Crippen molar-refractivity contribution in [1.82, 2.24) is 0 Å². The number of oxime groups is 2. The quantitative estimate of drug-likeness (QED) is 0.191. The normalized spacial score (nSPS) is 40.4. The Kier molecular flexibility index (Phi) is 8.50. The molecule has 0 aliphatic heterocycles. The van der Waals surface area contributed by atoms with Gasteiger partial charge >= 0.3 is 0 Å². The summed E-state index contributed by atoms with van der Waals surface area (Å²) < 4.78 is 12.9. The Morgan fingerprint density at radius 3 is 2.25 bits per heavy atom. The Morgan fingerprint density at radius 1 is 0.889 bits per heavy atom. The van der Waals surface area contributed by atoms with Crippen LogP contribution < -0.4 is 0 Å².